The molecule has 0 aliphatic heterocycles. The highest BCUT2D eigenvalue weighted by atomic mass is 79.9. The molecule has 1 amide bonds. The Morgan fingerprint density at radius 1 is 1.18 bits per heavy atom. The first-order valence-electron chi connectivity index (χ1n) is 6.29. The minimum absolute atomic E-state index is 0.287. The van der Waals surface area contributed by atoms with Crippen LogP contribution < -0.4 is 5.32 Å². The molecular formula is C15H9BrClN3OS. The third-order valence-corrected chi connectivity index (χ3v) is 4.41. The molecule has 4 nitrogen and oxygen atoms in total. The van der Waals surface area contributed by atoms with Crippen molar-refractivity contribution in [2.45, 2.75) is 0 Å². The number of aromatic nitrogens is 2. The molecular weight excluding hydrogens is 386 g/mol. The Bertz CT molecular complexity index is 823. The molecule has 0 spiro atoms. The van der Waals surface area contributed by atoms with Gasteiger partial charge in [0.15, 0.2) is 5.82 Å². The lowest BCUT2D eigenvalue weighted by Crippen LogP contribution is -2.12. The van der Waals surface area contributed by atoms with Crippen LogP contribution in [0.15, 0.2) is 53.0 Å². The second-order valence-corrected chi connectivity index (χ2v) is 6.41. The molecule has 0 saturated heterocycles. The highest BCUT2D eigenvalue weighted by Gasteiger charge is 2.14. The van der Waals surface area contributed by atoms with Gasteiger partial charge in [0, 0.05) is 26.6 Å². The van der Waals surface area contributed by atoms with Gasteiger partial charge in [-0.2, -0.15) is 9.36 Å². The maximum Gasteiger partial charge on any atom is 0.258 e. The van der Waals surface area contributed by atoms with Crippen LogP contribution in [0, 0.1) is 0 Å². The van der Waals surface area contributed by atoms with Gasteiger partial charge in [-0.25, -0.2) is 0 Å². The van der Waals surface area contributed by atoms with E-state index in [1.54, 1.807) is 18.2 Å². The maximum absolute atomic E-state index is 12.3. The zero-order chi connectivity index (χ0) is 15.5. The molecule has 1 heterocycles. The van der Waals surface area contributed by atoms with Gasteiger partial charge in [-0.1, -0.05) is 41.9 Å². The standard InChI is InChI=1S/C15H9BrClN3OS/c16-12-7-6-10(17)8-11(12)14(21)19-15-18-13(20-22-15)9-4-2-1-3-5-9/h1-8H,(H,18,19,20,21). The van der Waals surface area contributed by atoms with E-state index in [4.69, 9.17) is 11.6 Å². The highest BCUT2D eigenvalue weighted by Crippen LogP contribution is 2.24. The molecule has 0 atom stereocenters. The summed E-state index contributed by atoms with van der Waals surface area (Å²) in [5.41, 5.74) is 1.35. The van der Waals surface area contributed by atoms with Crippen molar-refractivity contribution in [1.82, 2.24) is 9.36 Å². The second-order valence-electron chi connectivity index (χ2n) is 4.37. The van der Waals surface area contributed by atoms with E-state index in [1.807, 2.05) is 30.3 Å². The molecule has 7 heteroatoms. The van der Waals surface area contributed by atoms with Gasteiger partial charge in [0.2, 0.25) is 5.13 Å². The van der Waals surface area contributed by atoms with Gasteiger partial charge in [0.1, 0.15) is 0 Å². The highest BCUT2D eigenvalue weighted by molar-refractivity contribution is 9.10. The molecule has 0 fully saturated rings. The van der Waals surface area contributed by atoms with Crippen LogP contribution in [0.1, 0.15) is 10.4 Å². The van der Waals surface area contributed by atoms with Crippen LogP contribution in [-0.2, 0) is 0 Å². The molecule has 0 unspecified atom stereocenters. The number of nitrogens with zero attached hydrogens (tertiary/aromatic N) is 2. The van der Waals surface area contributed by atoms with E-state index in [0.717, 1.165) is 17.1 Å². The molecule has 0 aliphatic rings. The number of carbonyl (C=O) groups excluding carboxylic acids is 1. The molecule has 0 bridgehead atoms. The van der Waals surface area contributed by atoms with E-state index < -0.39 is 0 Å². The van der Waals surface area contributed by atoms with Crippen LogP contribution in [0.2, 0.25) is 5.02 Å². The molecule has 1 N–H and O–H groups in total. The smallest absolute Gasteiger partial charge is 0.258 e. The SMILES string of the molecule is O=C(Nc1nc(-c2ccccc2)ns1)c1cc(Cl)ccc1Br. The van der Waals surface area contributed by atoms with E-state index in [0.29, 0.717) is 26.0 Å². The van der Waals surface area contributed by atoms with Gasteiger partial charge in [0.25, 0.3) is 5.91 Å². The topological polar surface area (TPSA) is 54.9 Å². The normalized spacial score (nSPS) is 10.5. The number of rotatable bonds is 3. The van der Waals surface area contributed by atoms with Crippen molar-refractivity contribution in [1.29, 1.82) is 0 Å². The van der Waals surface area contributed by atoms with Gasteiger partial charge >= 0.3 is 0 Å². The number of halogens is 2. The minimum Gasteiger partial charge on any atom is -0.297 e. The Hall–Kier alpha value is -1.76. The van der Waals surface area contributed by atoms with E-state index in [2.05, 4.69) is 30.6 Å². The molecule has 22 heavy (non-hydrogen) atoms. The van der Waals surface area contributed by atoms with E-state index in [9.17, 15) is 4.79 Å². The molecule has 1 aromatic heterocycles. The van der Waals surface area contributed by atoms with E-state index >= 15 is 0 Å². The van der Waals surface area contributed by atoms with Gasteiger partial charge in [-0.05, 0) is 34.1 Å². The fourth-order valence-electron chi connectivity index (χ4n) is 1.81. The van der Waals surface area contributed by atoms with Gasteiger partial charge in [0.05, 0.1) is 5.56 Å². The summed E-state index contributed by atoms with van der Waals surface area (Å²) in [4.78, 5) is 16.6. The van der Waals surface area contributed by atoms with E-state index in [-0.39, 0.29) is 5.91 Å². The molecule has 3 rings (SSSR count). The molecule has 0 saturated carbocycles. The predicted molar refractivity (Wildman–Crippen MR) is 92.5 cm³/mol. The number of amides is 1. The summed E-state index contributed by atoms with van der Waals surface area (Å²) in [5, 5.41) is 3.67. The van der Waals surface area contributed by atoms with Crippen molar-refractivity contribution in [2.75, 3.05) is 5.32 Å². The zero-order valence-corrected chi connectivity index (χ0v) is 14.2. The van der Waals surface area contributed by atoms with Crippen LogP contribution in [-0.4, -0.2) is 15.3 Å². The van der Waals surface area contributed by atoms with Crippen LogP contribution >= 0.6 is 39.1 Å². The van der Waals surface area contributed by atoms with Crippen molar-refractivity contribution < 1.29 is 4.79 Å². The summed E-state index contributed by atoms with van der Waals surface area (Å²) in [7, 11) is 0. The first-order chi connectivity index (χ1) is 10.6. The maximum atomic E-state index is 12.3. The van der Waals surface area contributed by atoms with Gasteiger partial charge in [-0.3, -0.25) is 10.1 Å². The molecule has 110 valence electrons. The second kappa shape index (κ2) is 6.56. The quantitative estimate of drug-likeness (QED) is 0.689. The Morgan fingerprint density at radius 3 is 2.73 bits per heavy atom. The third-order valence-electron chi connectivity index (χ3n) is 2.85. The molecule has 0 radical (unpaired) electrons. The number of nitrogens with one attached hydrogen (secondary N) is 1. The average molecular weight is 395 g/mol. The monoisotopic (exact) mass is 393 g/mol. The van der Waals surface area contributed by atoms with Crippen molar-refractivity contribution in [3.8, 4) is 11.4 Å². The fourth-order valence-corrected chi connectivity index (χ4v) is 3.00. The number of hydrogen-bond donors (Lipinski definition) is 1. The van der Waals surface area contributed by atoms with Crippen LogP contribution in [0.5, 0.6) is 0 Å². The summed E-state index contributed by atoms with van der Waals surface area (Å²) in [6.07, 6.45) is 0. The number of anilines is 1. The number of hydrogen-bond acceptors (Lipinski definition) is 4. The summed E-state index contributed by atoms with van der Waals surface area (Å²) in [6.45, 7) is 0. The summed E-state index contributed by atoms with van der Waals surface area (Å²) in [5.74, 6) is 0.302. The molecule has 2 aromatic carbocycles. The average Bonchev–Trinajstić information content (AvgIpc) is 2.99. The summed E-state index contributed by atoms with van der Waals surface area (Å²) < 4.78 is 4.92. The lowest BCUT2D eigenvalue weighted by atomic mass is 10.2. The van der Waals surface area contributed by atoms with E-state index in [1.165, 1.54) is 0 Å². The lowest BCUT2D eigenvalue weighted by Gasteiger charge is -2.04. The van der Waals surface area contributed by atoms with Crippen molar-refractivity contribution in [3.05, 3.63) is 63.6 Å². The van der Waals surface area contributed by atoms with Crippen molar-refractivity contribution in [2.24, 2.45) is 0 Å². The van der Waals surface area contributed by atoms with Crippen LogP contribution in [0.3, 0.4) is 0 Å². The van der Waals surface area contributed by atoms with Crippen molar-refractivity contribution >= 4 is 50.1 Å². The first kappa shape index (κ1) is 15.1. The zero-order valence-electron chi connectivity index (χ0n) is 11.1. The largest absolute Gasteiger partial charge is 0.297 e. The number of carbonyl (C=O) groups is 1. The Morgan fingerprint density at radius 2 is 1.95 bits per heavy atom. The summed E-state index contributed by atoms with van der Waals surface area (Å²) in [6, 6.07) is 14.6. The van der Waals surface area contributed by atoms with Gasteiger partial charge < -0.3 is 0 Å². The van der Waals surface area contributed by atoms with Crippen LogP contribution in [0.4, 0.5) is 5.13 Å². The Kier molecular flexibility index (Phi) is 4.52. The first-order valence-corrected chi connectivity index (χ1v) is 8.23. The number of benzene rings is 2. The van der Waals surface area contributed by atoms with Crippen molar-refractivity contribution in [3.63, 3.8) is 0 Å². The fraction of sp³-hybridized carbons (Fsp3) is 0. The third kappa shape index (κ3) is 3.35. The summed E-state index contributed by atoms with van der Waals surface area (Å²) >= 11 is 10.4. The molecule has 0 aliphatic carbocycles. The lowest BCUT2D eigenvalue weighted by molar-refractivity contribution is 0.102. The van der Waals surface area contributed by atoms with Crippen LogP contribution in [0.25, 0.3) is 11.4 Å². The Labute approximate surface area is 144 Å². The molecule has 3 aromatic rings. The minimum atomic E-state index is -0.287. The predicted octanol–water partition coefficient (Wildman–Crippen LogP) is 4.87. The Balaban J connectivity index is 1.81. The van der Waals surface area contributed by atoms with Gasteiger partial charge in [-0.15, -0.1) is 0 Å².